The van der Waals surface area contributed by atoms with Crippen LogP contribution in [-0.2, 0) is 0 Å². The van der Waals surface area contributed by atoms with Crippen LogP contribution in [0.25, 0.3) is 0 Å². The van der Waals surface area contributed by atoms with E-state index in [1.54, 1.807) is 0 Å². The van der Waals surface area contributed by atoms with Gasteiger partial charge in [0.15, 0.2) is 0 Å². The van der Waals surface area contributed by atoms with Gasteiger partial charge >= 0.3 is 0 Å². The van der Waals surface area contributed by atoms with Crippen LogP contribution in [0.4, 0.5) is 0 Å². The van der Waals surface area contributed by atoms with E-state index in [4.69, 9.17) is 0 Å². The maximum Gasteiger partial charge on any atom is 0.0808 e. The molecule has 0 heterocycles. The highest BCUT2D eigenvalue weighted by atomic mass is 28.2. The number of rotatable bonds is 6. The Kier molecular flexibility index (Phi) is 5.61. The van der Waals surface area contributed by atoms with Gasteiger partial charge in [-0.15, -0.1) is 0 Å². The van der Waals surface area contributed by atoms with Gasteiger partial charge in [0.1, 0.15) is 0 Å². The first-order valence-corrected chi connectivity index (χ1v) is 6.84. The number of benzene rings is 1. The van der Waals surface area contributed by atoms with Gasteiger partial charge in [-0.1, -0.05) is 73.7 Å². The standard InChI is InChI=1S/C13H20Si/c1-3-4-5-6-10-14-13-9-7-8-12(2)11-13/h7-9,11H,3-6,10H2,1-2H3. The summed E-state index contributed by atoms with van der Waals surface area (Å²) in [5, 5.41) is 1.53. The number of unbranched alkanes of at least 4 members (excludes halogenated alkanes) is 3. The van der Waals surface area contributed by atoms with E-state index in [1.165, 1.54) is 42.5 Å². The van der Waals surface area contributed by atoms with Gasteiger partial charge in [0.2, 0.25) is 0 Å². The molecule has 14 heavy (non-hydrogen) atoms. The first-order valence-electron chi connectivity index (χ1n) is 5.63. The lowest BCUT2D eigenvalue weighted by atomic mass is 10.2. The molecule has 0 aliphatic heterocycles. The van der Waals surface area contributed by atoms with Crippen LogP contribution < -0.4 is 5.19 Å². The summed E-state index contributed by atoms with van der Waals surface area (Å²) in [5.74, 6) is 0. The summed E-state index contributed by atoms with van der Waals surface area (Å²) in [6.07, 6.45) is 5.56. The van der Waals surface area contributed by atoms with Crippen molar-refractivity contribution >= 4 is 14.7 Å². The Morgan fingerprint density at radius 3 is 2.71 bits per heavy atom. The highest BCUT2D eigenvalue weighted by Crippen LogP contribution is 2.02. The minimum atomic E-state index is 1.01. The number of aryl methyl sites for hydroxylation is 1. The first-order chi connectivity index (χ1) is 6.83. The summed E-state index contributed by atoms with van der Waals surface area (Å²) >= 11 is 0. The third-order valence-corrected chi connectivity index (χ3v) is 3.70. The van der Waals surface area contributed by atoms with Crippen molar-refractivity contribution in [3.05, 3.63) is 29.8 Å². The summed E-state index contributed by atoms with van der Waals surface area (Å²) in [4.78, 5) is 0. The van der Waals surface area contributed by atoms with Crippen molar-refractivity contribution in [2.24, 2.45) is 0 Å². The Morgan fingerprint density at radius 2 is 2.00 bits per heavy atom. The molecule has 0 aliphatic rings. The van der Waals surface area contributed by atoms with Gasteiger partial charge in [-0.3, -0.25) is 0 Å². The normalized spacial score (nSPS) is 10.4. The fraction of sp³-hybridized carbons (Fsp3) is 0.538. The van der Waals surface area contributed by atoms with Gasteiger partial charge < -0.3 is 0 Å². The Bertz CT molecular complexity index is 255. The quantitative estimate of drug-likeness (QED) is 0.492. The molecule has 0 N–H and O–H groups in total. The predicted molar refractivity (Wildman–Crippen MR) is 65.5 cm³/mol. The Labute approximate surface area is 90.6 Å². The molecule has 0 spiro atoms. The van der Waals surface area contributed by atoms with Gasteiger partial charge in [-0.2, -0.15) is 0 Å². The smallest absolute Gasteiger partial charge is 0.0654 e. The van der Waals surface area contributed by atoms with Crippen LogP contribution in [0.5, 0.6) is 0 Å². The lowest BCUT2D eigenvalue weighted by molar-refractivity contribution is 0.701. The van der Waals surface area contributed by atoms with Gasteiger partial charge in [-0.25, -0.2) is 0 Å². The van der Waals surface area contributed by atoms with E-state index in [9.17, 15) is 0 Å². The van der Waals surface area contributed by atoms with E-state index in [0.29, 0.717) is 0 Å². The fourth-order valence-corrected chi connectivity index (χ4v) is 2.80. The number of hydrogen-bond donors (Lipinski definition) is 0. The largest absolute Gasteiger partial charge is 0.0808 e. The second kappa shape index (κ2) is 6.83. The summed E-state index contributed by atoms with van der Waals surface area (Å²) in [6, 6.07) is 10.3. The van der Waals surface area contributed by atoms with Crippen LogP contribution in [0.3, 0.4) is 0 Å². The molecule has 0 fully saturated rings. The summed E-state index contributed by atoms with van der Waals surface area (Å²) in [5.41, 5.74) is 1.39. The Balaban J connectivity index is 2.18. The molecule has 2 radical (unpaired) electrons. The minimum Gasteiger partial charge on any atom is -0.0654 e. The zero-order valence-corrected chi connectivity index (χ0v) is 10.3. The molecule has 0 nitrogen and oxygen atoms in total. The minimum absolute atomic E-state index is 1.01. The van der Waals surface area contributed by atoms with Crippen LogP contribution in [0.1, 0.15) is 38.2 Å². The van der Waals surface area contributed by atoms with Crippen LogP contribution in [0.2, 0.25) is 6.04 Å². The van der Waals surface area contributed by atoms with E-state index in [2.05, 4.69) is 38.1 Å². The molecule has 0 atom stereocenters. The lowest BCUT2D eigenvalue weighted by Crippen LogP contribution is -2.13. The molecule has 0 aliphatic carbocycles. The molecule has 0 aromatic heterocycles. The molecule has 0 amide bonds. The SMILES string of the molecule is CCCCCC[Si]c1cccc(C)c1. The van der Waals surface area contributed by atoms with Crippen molar-refractivity contribution in [2.75, 3.05) is 0 Å². The van der Waals surface area contributed by atoms with Gasteiger partial charge in [-0.05, 0) is 6.92 Å². The van der Waals surface area contributed by atoms with Crippen LogP contribution in [0, 0.1) is 6.92 Å². The van der Waals surface area contributed by atoms with E-state index < -0.39 is 0 Å². The summed E-state index contributed by atoms with van der Waals surface area (Å²) in [6.45, 7) is 4.44. The molecule has 76 valence electrons. The van der Waals surface area contributed by atoms with Crippen LogP contribution >= 0.6 is 0 Å². The average molecular weight is 204 g/mol. The van der Waals surface area contributed by atoms with E-state index >= 15 is 0 Å². The molecule has 1 aromatic rings. The molecule has 0 bridgehead atoms. The highest BCUT2D eigenvalue weighted by molar-refractivity contribution is 6.53. The predicted octanol–water partition coefficient (Wildman–Crippen LogP) is 3.32. The van der Waals surface area contributed by atoms with Gasteiger partial charge in [0, 0.05) is 0 Å². The van der Waals surface area contributed by atoms with Crippen molar-refractivity contribution in [1.29, 1.82) is 0 Å². The Hall–Kier alpha value is -0.563. The van der Waals surface area contributed by atoms with E-state index in [1.807, 2.05) is 0 Å². The lowest BCUT2D eigenvalue weighted by Gasteiger charge is -2.01. The fourth-order valence-electron chi connectivity index (χ4n) is 1.54. The third-order valence-electron chi connectivity index (χ3n) is 2.38. The highest BCUT2D eigenvalue weighted by Gasteiger charge is 1.95. The maximum atomic E-state index is 2.32. The van der Waals surface area contributed by atoms with E-state index in [0.717, 1.165) is 9.52 Å². The van der Waals surface area contributed by atoms with Crippen LogP contribution in [0.15, 0.2) is 24.3 Å². The summed E-state index contributed by atoms with van der Waals surface area (Å²) in [7, 11) is 1.01. The average Bonchev–Trinajstić information content (AvgIpc) is 2.18. The molecular weight excluding hydrogens is 184 g/mol. The molecule has 1 rings (SSSR count). The monoisotopic (exact) mass is 204 g/mol. The van der Waals surface area contributed by atoms with Crippen molar-refractivity contribution in [3.63, 3.8) is 0 Å². The topological polar surface area (TPSA) is 0 Å². The third kappa shape index (κ3) is 4.61. The molecule has 0 saturated carbocycles. The summed E-state index contributed by atoms with van der Waals surface area (Å²) < 4.78 is 0. The van der Waals surface area contributed by atoms with Crippen molar-refractivity contribution in [3.8, 4) is 0 Å². The zero-order valence-electron chi connectivity index (χ0n) is 9.34. The molecule has 1 heteroatoms. The molecule has 0 saturated heterocycles. The molecular formula is C13H20Si. The molecule has 0 unspecified atom stereocenters. The van der Waals surface area contributed by atoms with Crippen LogP contribution in [-0.4, -0.2) is 9.52 Å². The second-order valence-corrected chi connectivity index (χ2v) is 5.29. The van der Waals surface area contributed by atoms with Crippen molar-refractivity contribution in [1.82, 2.24) is 0 Å². The number of hydrogen-bond acceptors (Lipinski definition) is 0. The first kappa shape index (κ1) is 11.5. The maximum absolute atomic E-state index is 2.32. The Morgan fingerprint density at radius 1 is 1.14 bits per heavy atom. The van der Waals surface area contributed by atoms with Gasteiger partial charge in [0.05, 0.1) is 9.52 Å². The molecule has 1 aromatic carbocycles. The van der Waals surface area contributed by atoms with Gasteiger partial charge in [0.25, 0.3) is 0 Å². The second-order valence-electron chi connectivity index (χ2n) is 3.86. The van der Waals surface area contributed by atoms with E-state index in [-0.39, 0.29) is 0 Å². The zero-order chi connectivity index (χ0) is 10.2. The van der Waals surface area contributed by atoms with Crippen molar-refractivity contribution < 1.29 is 0 Å². The van der Waals surface area contributed by atoms with Crippen molar-refractivity contribution in [2.45, 2.75) is 45.6 Å².